The molecular weight excluding hydrogens is 204 g/mol. The van der Waals surface area contributed by atoms with Crippen LogP contribution in [0.1, 0.15) is 40.0 Å². The highest BCUT2D eigenvalue weighted by molar-refractivity contribution is 5.97. The number of likely N-dealkylation sites (tertiary alicyclic amines) is 1. The van der Waals surface area contributed by atoms with Gasteiger partial charge in [0.15, 0.2) is 0 Å². The molecule has 1 rings (SSSR count). The van der Waals surface area contributed by atoms with E-state index in [9.17, 15) is 9.59 Å². The maximum absolute atomic E-state index is 11.6. The van der Waals surface area contributed by atoms with Crippen molar-refractivity contribution in [2.75, 3.05) is 6.54 Å². The van der Waals surface area contributed by atoms with Crippen molar-refractivity contribution in [2.24, 2.45) is 11.3 Å². The van der Waals surface area contributed by atoms with Gasteiger partial charge in [0.25, 0.3) is 0 Å². The quantitative estimate of drug-likeness (QED) is 0.683. The zero-order valence-electron chi connectivity index (χ0n) is 10.1. The molecule has 0 N–H and O–H groups in total. The van der Waals surface area contributed by atoms with Crippen molar-refractivity contribution in [2.45, 2.75) is 40.0 Å². The number of hydrogen-bond donors (Lipinski definition) is 0. The molecule has 0 saturated carbocycles. The van der Waals surface area contributed by atoms with Crippen LogP contribution in [0.5, 0.6) is 0 Å². The molecule has 4 nitrogen and oxygen atoms in total. The molecule has 0 bridgehead atoms. The Hall–Kier alpha value is -1.37. The summed E-state index contributed by atoms with van der Waals surface area (Å²) in [7, 11) is 0. The molecule has 1 fully saturated rings. The van der Waals surface area contributed by atoms with Gasteiger partial charge in [-0.1, -0.05) is 6.92 Å². The predicted molar refractivity (Wildman–Crippen MR) is 59.1 cm³/mol. The molecule has 0 unspecified atom stereocenters. The van der Waals surface area contributed by atoms with Crippen molar-refractivity contribution in [3.63, 3.8) is 0 Å². The van der Waals surface area contributed by atoms with E-state index in [0.717, 1.165) is 0 Å². The number of nitrogens with zero attached hydrogens (tertiary/aromatic N) is 2. The largest absolute Gasteiger partial charge is 0.283 e. The summed E-state index contributed by atoms with van der Waals surface area (Å²) in [5.74, 6) is -0.0461. The molecule has 0 spiro atoms. The highest BCUT2D eigenvalue weighted by Gasteiger charge is 2.31. The van der Waals surface area contributed by atoms with Gasteiger partial charge in [-0.05, 0) is 26.2 Å². The van der Waals surface area contributed by atoms with Crippen molar-refractivity contribution < 1.29 is 9.59 Å². The smallest absolute Gasteiger partial charge is 0.229 e. The normalized spacial score (nSPS) is 18.8. The van der Waals surface area contributed by atoms with Gasteiger partial charge in [-0.15, -0.1) is 0 Å². The first-order valence-corrected chi connectivity index (χ1v) is 5.60. The van der Waals surface area contributed by atoms with Gasteiger partial charge < -0.3 is 0 Å². The maximum Gasteiger partial charge on any atom is 0.229 e. The third-order valence-corrected chi connectivity index (χ3v) is 2.91. The first-order valence-electron chi connectivity index (χ1n) is 5.60. The highest BCUT2D eigenvalue weighted by atomic mass is 16.2. The van der Waals surface area contributed by atoms with Crippen LogP contribution in [0.15, 0.2) is 0 Å². The van der Waals surface area contributed by atoms with Gasteiger partial charge in [0.2, 0.25) is 11.8 Å². The molecule has 0 aliphatic carbocycles. The lowest BCUT2D eigenvalue weighted by atomic mass is 9.90. The first-order chi connectivity index (χ1) is 7.35. The molecule has 1 aliphatic rings. The summed E-state index contributed by atoms with van der Waals surface area (Å²) in [6, 6.07) is 2.17. The van der Waals surface area contributed by atoms with Crippen molar-refractivity contribution in [1.82, 2.24) is 4.90 Å². The Morgan fingerprint density at radius 2 is 1.88 bits per heavy atom. The minimum atomic E-state index is -0.483. The number of amides is 2. The van der Waals surface area contributed by atoms with Crippen LogP contribution in [0.25, 0.3) is 0 Å². The molecule has 2 amide bonds. The van der Waals surface area contributed by atoms with E-state index in [1.54, 1.807) is 0 Å². The Morgan fingerprint density at radius 1 is 1.38 bits per heavy atom. The fourth-order valence-electron chi connectivity index (χ4n) is 1.72. The summed E-state index contributed by atoms with van der Waals surface area (Å²) >= 11 is 0. The lowest BCUT2D eigenvalue weighted by molar-refractivity contribution is -0.149. The summed E-state index contributed by atoms with van der Waals surface area (Å²) < 4.78 is 0. The number of imide groups is 1. The molecule has 1 aliphatic heterocycles. The number of hydrogen-bond acceptors (Lipinski definition) is 3. The average Bonchev–Trinajstić information content (AvgIpc) is 2.16. The van der Waals surface area contributed by atoms with Gasteiger partial charge in [0, 0.05) is 19.4 Å². The molecule has 88 valence electrons. The van der Waals surface area contributed by atoms with Gasteiger partial charge in [-0.2, -0.15) is 5.26 Å². The second kappa shape index (κ2) is 4.65. The van der Waals surface area contributed by atoms with E-state index in [-0.39, 0.29) is 17.7 Å². The highest BCUT2D eigenvalue weighted by Crippen LogP contribution is 2.23. The minimum Gasteiger partial charge on any atom is -0.283 e. The number of carbonyl (C=O) groups is 2. The molecule has 16 heavy (non-hydrogen) atoms. The standard InChI is InChI=1S/C12H18N2O2/c1-9-6-10(15)14(11(16)7-9)5-4-12(2,3)8-13/h9H,4-7H2,1-3H3. The summed E-state index contributed by atoms with van der Waals surface area (Å²) in [6.45, 7) is 5.90. The lowest BCUT2D eigenvalue weighted by Gasteiger charge is -2.29. The van der Waals surface area contributed by atoms with Gasteiger partial charge in [-0.25, -0.2) is 0 Å². The number of piperidine rings is 1. The summed E-state index contributed by atoms with van der Waals surface area (Å²) in [5.41, 5.74) is -0.483. The molecule has 0 aromatic heterocycles. The van der Waals surface area contributed by atoms with Crippen molar-refractivity contribution >= 4 is 11.8 Å². The first kappa shape index (κ1) is 12.7. The summed E-state index contributed by atoms with van der Waals surface area (Å²) in [6.07, 6.45) is 1.42. The van der Waals surface area contributed by atoms with Crippen molar-refractivity contribution in [3.8, 4) is 6.07 Å². The summed E-state index contributed by atoms with van der Waals surface area (Å²) in [4.78, 5) is 24.6. The Morgan fingerprint density at radius 3 is 2.31 bits per heavy atom. The number of nitriles is 1. The van der Waals surface area contributed by atoms with Gasteiger partial charge >= 0.3 is 0 Å². The maximum atomic E-state index is 11.6. The molecule has 0 atom stereocenters. The molecule has 4 heteroatoms. The van der Waals surface area contributed by atoms with Crippen LogP contribution in [-0.4, -0.2) is 23.3 Å². The van der Waals surface area contributed by atoms with Crippen molar-refractivity contribution in [1.29, 1.82) is 5.26 Å². The summed E-state index contributed by atoms with van der Waals surface area (Å²) in [5, 5.41) is 8.86. The monoisotopic (exact) mass is 222 g/mol. The van der Waals surface area contributed by atoms with Crippen LogP contribution in [0.2, 0.25) is 0 Å². The SMILES string of the molecule is CC1CC(=O)N(CCC(C)(C)C#N)C(=O)C1. The Kier molecular flexibility index (Phi) is 3.69. The topological polar surface area (TPSA) is 61.2 Å². The third kappa shape index (κ3) is 3.06. The zero-order valence-corrected chi connectivity index (χ0v) is 10.1. The van der Waals surface area contributed by atoms with E-state index in [1.165, 1.54) is 4.90 Å². The lowest BCUT2D eigenvalue weighted by Crippen LogP contribution is -2.44. The van der Waals surface area contributed by atoms with E-state index in [4.69, 9.17) is 5.26 Å². The number of rotatable bonds is 3. The van der Waals surface area contributed by atoms with Crippen LogP contribution in [-0.2, 0) is 9.59 Å². The Bertz CT molecular complexity index is 323. The molecule has 0 aromatic rings. The van der Waals surface area contributed by atoms with Crippen LogP contribution < -0.4 is 0 Å². The van der Waals surface area contributed by atoms with E-state index in [1.807, 2.05) is 20.8 Å². The van der Waals surface area contributed by atoms with E-state index in [2.05, 4.69) is 6.07 Å². The van der Waals surface area contributed by atoms with Gasteiger partial charge in [0.1, 0.15) is 0 Å². The van der Waals surface area contributed by atoms with Crippen LogP contribution in [0.4, 0.5) is 0 Å². The molecule has 1 saturated heterocycles. The van der Waals surface area contributed by atoms with Crippen LogP contribution in [0, 0.1) is 22.7 Å². The zero-order chi connectivity index (χ0) is 12.3. The van der Waals surface area contributed by atoms with E-state index < -0.39 is 5.41 Å². The Balaban J connectivity index is 2.58. The number of carbonyl (C=O) groups excluding carboxylic acids is 2. The van der Waals surface area contributed by atoms with Crippen molar-refractivity contribution in [3.05, 3.63) is 0 Å². The predicted octanol–water partition coefficient (Wildman–Crippen LogP) is 1.71. The third-order valence-electron chi connectivity index (χ3n) is 2.91. The second-order valence-electron chi connectivity index (χ2n) is 5.20. The fraction of sp³-hybridized carbons (Fsp3) is 0.750. The minimum absolute atomic E-state index is 0.0995. The second-order valence-corrected chi connectivity index (χ2v) is 5.20. The van der Waals surface area contributed by atoms with Gasteiger partial charge in [-0.3, -0.25) is 14.5 Å². The fourth-order valence-corrected chi connectivity index (χ4v) is 1.72. The molecule has 0 aromatic carbocycles. The molecule has 1 heterocycles. The Labute approximate surface area is 96.2 Å². The van der Waals surface area contributed by atoms with Gasteiger partial charge in [0.05, 0.1) is 11.5 Å². The average molecular weight is 222 g/mol. The van der Waals surface area contributed by atoms with Crippen LogP contribution >= 0.6 is 0 Å². The van der Waals surface area contributed by atoms with E-state index in [0.29, 0.717) is 25.8 Å². The van der Waals surface area contributed by atoms with Crippen LogP contribution in [0.3, 0.4) is 0 Å². The molecular formula is C12H18N2O2. The molecule has 0 radical (unpaired) electrons. The van der Waals surface area contributed by atoms with E-state index >= 15 is 0 Å².